The molecule has 9 nitrogen and oxygen atoms in total. The second-order valence-corrected chi connectivity index (χ2v) is 12.7. The standard InChI is InChI=1S/C35H35N5O4S/c1-5-11-32-37-33-23(3)20-26(34-36-28-13-8-9-14-29(28)39(34)4)21-30(33)40(32)22-24-16-18-25(19-17-24)27-12-7-10-15-31(27)45(42,43)38-35(41)44-6-2/h7-10,12-21H,5-6,11,22H2,1-4H3,(H,38,41). The summed E-state index contributed by atoms with van der Waals surface area (Å²) >= 11 is 0. The average molecular weight is 622 g/mol. The lowest BCUT2D eigenvalue weighted by molar-refractivity contribution is 0.158. The molecule has 6 rings (SSSR count). The van der Waals surface area contributed by atoms with E-state index < -0.39 is 16.1 Å². The van der Waals surface area contributed by atoms with Gasteiger partial charge in [0.15, 0.2) is 0 Å². The zero-order valence-corrected chi connectivity index (χ0v) is 26.6. The molecule has 0 unspecified atom stereocenters. The van der Waals surface area contributed by atoms with Crippen LogP contribution in [0.1, 0.15) is 37.2 Å². The molecule has 0 fully saturated rings. The van der Waals surface area contributed by atoms with Gasteiger partial charge >= 0.3 is 6.09 Å². The maximum atomic E-state index is 13.0. The quantitative estimate of drug-likeness (QED) is 0.186. The molecule has 45 heavy (non-hydrogen) atoms. The Morgan fingerprint density at radius 1 is 0.889 bits per heavy atom. The van der Waals surface area contributed by atoms with Gasteiger partial charge in [0.05, 0.1) is 33.6 Å². The van der Waals surface area contributed by atoms with Crippen LogP contribution in [-0.4, -0.2) is 40.2 Å². The number of carbonyl (C=O) groups excluding carboxylic acids is 1. The number of rotatable bonds is 9. The molecule has 0 atom stereocenters. The molecule has 6 aromatic rings. The first-order chi connectivity index (χ1) is 21.7. The molecule has 0 spiro atoms. The Balaban J connectivity index is 1.36. The molecule has 0 aliphatic heterocycles. The number of nitrogens with one attached hydrogen (secondary N) is 1. The summed E-state index contributed by atoms with van der Waals surface area (Å²) in [6.45, 7) is 6.53. The number of sulfonamides is 1. The Hall–Kier alpha value is -4.96. The largest absolute Gasteiger partial charge is 0.449 e. The third-order valence-corrected chi connectivity index (χ3v) is 9.29. The van der Waals surface area contributed by atoms with E-state index in [0.29, 0.717) is 17.7 Å². The lowest BCUT2D eigenvalue weighted by Gasteiger charge is -2.13. The van der Waals surface area contributed by atoms with Crippen LogP contribution in [0.25, 0.3) is 44.6 Å². The van der Waals surface area contributed by atoms with Crippen LogP contribution < -0.4 is 4.72 Å². The molecule has 4 aromatic carbocycles. The van der Waals surface area contributed by atoms with E-state index >= 15 is 0 Å². The van der Waals surface area contributed by atoms with E-state index in [-0.39, 0.29) is 11.5 Å². The van der Waals surface area contributed by atoms with Crippen LogP contribution >= 0.6 is 0 Å². The minimum absolute atomic E-state index is 0.00147. The first kappa shape index (κ1) is 30.1. The van der Waals surface area contributed by atoms with Crippen molar-refractivity contribution in [2.75, 3.05) is 6.61 Å². The van der Waals surface area contributed by atoms with Crippen LogP contribution in [0.3, 0.4) is 0 Å². The number of carbonyl (C=O) groups is 1. The Labute approximate surface area is 262 Å². The van der Waals surface area contributed by atoms with Gasteiger partial charge in [-0.1, -0.05) is 61.5 Å². The SMILES string of the molecule is CCCc1nc2c(C)cc(-c3nc4ccccc4n3C)cc2n1Cc1ccc(-c2ccccc2S(=O)(=O)NC(=O)OCC)cc1. The number of benzene rings is 4. The normalized spacial score (nSPS) is 11.7. The van der Waals surface area contributed by atoms with Gasteiger partial charge in [-0.15, -0.1) is 0 Å². The number of fused-ring (bicyclic) bond motifs is 2. The van der Waals surface area contributed by atoms with Crippen LogP contribution in [0.15, 0.2) is 89.8 Å². The second kappa shape index (κ2) is 12.2. The lowest BCUT2D eigenvalue weighted by atomic mass is 10.0. The van der Waals surface area contributed by atoms with Gasteiger partial charge in [0.1, 0.15) is 11.6 Å². The number of ether oxygens (including phenoxy) is 1. The number of nitrogens with zero attached hydrogens (tertiary/aromatic N) is 4. The highest BCUT2D eigenvalue weighted by atomic mass is 32.2. The summed E-state index contributed by atoms with van der Waals surface area (Å²) in [5.41, 5.74) is 8.44. The molecule has 0 bridgehead atoms. The summed E-state index contributed by atoms with van der Waals surface area (Å²) in [4.78, 5) is 21.9. The second-order valence-electron chi connectivity index (χ2n) is 11.0. The van der Waals surface area contributed by atoms with Crippen molar-refractivity contribution in [3.63, 3.8) is 0 Å². The monoisotopic (exact) mass is 621 g/mol. The number of imidazole rings is 2. The Morgan fingerprint density at radius 3 is 2.36 bits per heavy atom. The van der Waals surface area contributed by atoms with Gasteiger partial charge in [-0.05, 0) is 67.3 Å². The van der Waals surface area contributed by atoms with Crippen molar-refractivity contribution >= 4 is 38.2 Å². The van der Waals surface area contributed by atoms with E-state index in [9.17, 15) is 13.2 Å². The lowest BCUT2D eigenvalue weighted by Crippen LogP contribution is -2.31. The van der Waals surface area contributed by atoms with E-state index in [1.807, 2.05) is 54.2 Å². The van der Waals surface area contributed by atoms with Gasteiger partial charge < -0.3 is 13.9 Å². The van der Waals surface area contributed by atoms with Crippen LogP contribution in [0.4, 0.5) is 4.79 Å². The van der Waals surface area contributed by atoms with Crippen molar-refractivity contribution in [3.05, 3.63) is 102 Å². The van der Waals surface area contributed by atoms with Crippen LogP contribution in [0, 0.1) is 6.92 Å². The summed E-state index contributed by atoms with van der Waals surface area (Å²) in [6, 6.07) is 26.9. The minimum atomic E-state index is -4.13. The molecule has 2 aromatic heterocycles. The molecule has 10 heteroatoms. The molecule has 0 aliphatic carbocycles. The van der Waals surface area contributed by atoms with Gasteiger partial charge in [-0.2, -0.15) is 0 Å². The summed E-state index contributed by atoms with van der Waals surface area (Å²) in [5.74, 6) is 1.92. The van der Waals surface area contributed by atoms with Crippen molar-refractivity contribution in [2.24, 2.45) is 7.05 Å². The predicted octanol–water partition coefficient (Wildman–Crippen LogP) is 7.00. The fourth-order valence-electron chi connectivity index (χ4n) is 5.80. The fourth-order valence-corrected chi connectivity index (χ4v) is 6.92. The van der Waals surface area contributed by atoms with Crippen molar-refractivity contribution < 1.29 is 17.9 Å². The molecular weight excluding hydrogens is 586 g/mol. The van der Waals surface area contributed by atoms with Gasteiger partial charge in [0, 0.05) is 31.1 Å². The molecule has 0 radical (unpaired) electrons. The zero-order chi connectivity index (χ0) is 31.7. The number of aromatic nitrogens is 4. The van der Waals surface area contributed by atoms with Crippen molar-refractivity contribution in [3.8, 4) is 22.5 Å². The molecule has 230 valence electrons. The van der Waals surface area contributed by atoms with E-state index in [1.54, 1.807) is 25.1 Å². The average Bonchev–Trinajstić information content (AvgIpc) is 3.55. The first-order valence-corrected chi connectivity index (χ1v) is 16.5. The molecule has 0 aliphatic rings. The Morgan fingerprint density at radius 2 is 1.62 bits per heavy atom. The highest BCUT2D eigenvalue weighted by Crippen LogP contribution is 2.32. The topological polar surface area (TPSA) is 108 Å². The van der Waals surface area contributed by atoms with Crippen LogP contribution in [0.2, 0.25) is 0 Å². The minimum Gasteiger partial charge on any atom is -0.449 e. The first-order valence-electron chi connectivity index (χ1n) is 15.0. The Bertz CT molecular complexity index is 2150. The highest BCUT2D eigenvalue weighted by molar-refractivity contribution is 7.90. The van der Waals surface area contributed by atoms with Crippen molar-refractivity contribution in [1.82, 2.24) is 23.8 Å². The fraction of sp³-hybridized carbons (Fsp3) is 0.229. The molecular formula is C35H35N5O4S. The summed E-state index contributed by atoms with van der Waals surface area (Å²) < 4.78 is 37.2. The molecule has 0 saturated heterocycles. The van der Waals surface area contributed by atoms with Crippen molar-refractivity contribution in [2.45, 2.75) is 45.1 Å². The maximum absolute atomic E-state index is 13.0. The number of para-hydroxylation sites is 2. The third kappa shape index (κ3) is 5.81. The van der Waals surface area contributed by atoms with E-state index in [0.717, 1.165) is 63.2 Å². The molecule has 2 heterocycles. The number of hydrogen-bond donors (Lipinski definition) is 1. The van der Waals surface area contributed by atoms with E-state index in [2.05, 4.69) is 41.2 Å². The number of amides is 1. The van der Waals surface area contributed by atoms with E-state index in [4.69, 9.17) is 14.7 Å². The van der Waals surface area contributed by atoms with Gasteiger partial charge in [-0.25, -0.2) is 27.9 Å². The summed E-state index contributed by atoms with van der Waals surface area (Å²) in [7, 11) is -2.09. The molecule has 1 amide bonds. The molecule has 1 N–H and O–H groups in total. The Kier molecular flexibility index (Phi) is 8.16. The summed E-state index contributed by atoms with van der Waals surface area (Å²) in [6.07, 6.45) is 0.795. The third-order valence-electron chi connectivity index (χ3n) is 7.92. The van der Waals surface area contributed by atoms with Crippen molar-refractivity contribution in [1.29, 1.82) is 0 Å². The van der Waals surface area contributed by atoms with Gasteiger partial charge in [0.25, 0.3) is 10.0 Å². The maximum Gasteiger partial charge on any atom is 0.421 e. The molecule has 0 saturated carbocycles. The number of aryl methyl sites for hydroxylation is 3. The van der Waals surface area contributed by atoms with Crippen LogP contribution in [0.5, 0.6) is 0 Å². The van der Waals surface area contributed by atoms with Crippen LogP contribution in [-0.2, 0) is 34.8 Å². The highest BCUT2D eigenvalue weighted by Gasteiger charge is 2.23. The predicted molar refractivity (Wildman–Crippen MR) is 176 cm³/mol. The van der Waals surface area contributed by atoms with Gasteiger partial charge in [-0.3, -0.25) is 0 Å². The smallest absolute Gasteiger partial charge is 0.421 e. The number of hydrogen-bond acceptors (Lipinski definition) is 6. The van der Waals surface area contributed by atoms with Gasteiger partial charge in [0.2, 0.25) is 0 Å². The van der Waals surface area contributed by atoms with E-state index in [1.165, 1.54) is 6.07 Å². The summed E-state index contributed by atoms with van der Waals surface area (Å²) in [5, 5.41) is 0. The zero-order valence-electron chi connectivity index (χ0n) is 25.7.